The maximum absolute atomic E-state index is 9.43. The van der Waals surface area contributed by atoms with Crippen LogP contribution in [0.3, 0.4) is 0 Å². The molecule has 2 bridgehead atoms. The zero-order valence-corrected chi connectivity index (χ0v) is 6.16. The molecule has 0 radical (unpaired) electrons. The minimum absolute atomic E-state index is 0.128. The molecule has 0 spiro atoms. The Kier molecular flexibility index (Phi) is 1.53. The van der Waals surface area contributed by atoms with Crippen LogP contribution in [0, 0.1) is 11.8 Å². The number of aliphatic hydroxyl groups is 1. The summed E-state index contributed by atoms with van der Waals surface area (Å²) in [6.45, 7) is 0. The van der Waals surface area contributed by atoms with Crippen LogP contribution >= 0.6 is 0 Å². The van der Waals surface area contributed by atoms with Gasteiger partial charge in [0.15, 0.2) is 0 Å². The van der Waals surface area contributed by atoms with Crippen molar-refractivity contribution in [1.29, 1.82) is 0 Å². The lowest BCUT2D eigenvalue weighted by Gasteiger charge is -2.33. The van der Waals surface area contributed by atoms with Crippen molar-refractivity contribution < 1.29 is 5.11 Å². The van der Waals surface area contributed by atoms with Crippen LogP contribution in [0.5, 0.6) is 0 Å². The molecule has 1 heteroatoms. The highest BCUT2D eigenvalue weighted by atomic mass is 16.3. The predicted octanol–water partition coefficient (Wildman–Crippen LogP) is 1.72. The van der Waals surface area contributed by atoms with E-state index in [1.807, 2.05) is 6.08 Å². The molecule has 56 valence electrons. The van der Waals surface area contributed by atoms with E-state index in [-0.39, 0.29) is 6.10 Å². The maximum atomic E-state index is 9.43. The van der Waals surface area contributed by atoms with Crippen molar-refractivity contribution >= 4 is 0 Å². The van der Waals surface area contributed by atoms with Gasteiger partial charge in [-0.2, -0.15) is 0 Å². The summed E-state index contributed by atoms with van der Waals surface area (Å²) in [4.78, 5) is 0. The van der Waals surface area contributed by atoms with Crippen LogP contribution in [-0.4, -0.2) is 11.2 Å². The molecule has 0 aromatic carbocycles. The van der Waals surface area contributed by atoms with Crippen LogP contribution in [0.2, 0.25) is 0 Å². The molecule has 0 heterocycles. The Labute approximate surface area is 61.8 Å². The van der Waals surface area contributed by atoms with Gasteiger partial charge in [0.1, 0.15) is 0 Å². The smallest absolute Gasteiger partial charge is 0.0749 e. The minimum atomic E-state index is -0.128. The first kappa shape index (κ1) is 6.41. The number of aliphatic hydroxyl groups excluding tert-OH is 1. The Balaban J connectivity index is 2.13. The van der Waals surface area contributed by atoms with Gasteiger partial charge in [-0.05, 0) is 31.1 Å². The molecule has 0 saturated heterocycles. The van der Waals surface area contributed by atoms with Crippen molar-refractivity contribution in [3.05, 3.63) is 12.2 Å². The van der Waals surface area contributed by atoms with Gasteiger partial charge in [0.25, 0.3) is 0 Å². The first-order valence-electron chi connectivity index (χ1n) is 4.22. The third-order valence-electron chi connectivity index (χ3n) is 2.82. The molecular formula is C9H14O. The lowest BCUT2D eigenvalue weighted by atomic mass is 9.75. The van der Waals surface area contributed by atoms with Crippen LogP contribution in [0.1, 0.15) is 25.7 Å². The van der Waals surface area contributed by atoms with Crippen LogP contribution in [0.15, 0.2) is 12.2 Å². The van der Waals surface area contributed by atoms with Gasteiger partial charge in [-0.25, -0.2) is 0 Å². The second kappa shape index (κ2) is 2.39. The fourth-order valence-electron chi connectivity index (χ4n) is 2.18. The van der Waals surface area contributed by atoms with Gasteiger partial charge in [0, 0.05) is 0 Å². The van der Waals surface area contributed by atoms with Crippen LogP contribution in [0.25, 0.3) is 0 Å². The Hall–Kier alpha value is -0.300. The fourth-order valence-corrected chi connectivity index (χ4v) is 2.18. The highest BCUT2D eigenvalue weighted by molar-refractivity contribution is 5.03. The zero-order valence-electron chi connectivity index (χ0n) is 6.16. The number of hydrogen-bond acceptors (Lipinski definition) is 1. The summed E-state index contributed by atoms with van der Waals surface area (Å²) in [6.07, 6.45) is 9.19. The van der Waals surface area contributed by atoms with Gasteiger partial charge in [-0.3, -0.25) is 0 Å². The van der Waals surface area contributed by atoms with Crippen LogP contribution in [0.4, 0.5) is 0 Å². The summed E-state index contributed by atoms with van der Waals surface area (Å²) in [5, 5.41) is 9.43. The Bertz CT molecular complexity index is 147. The number of hydrogen-bond donors (Lipinski definition) is 1. The standard InChI is InChI=1S/C9H14O/c10-9-5-4-7-2-1-3-8(9)6-7/h4-5,7-10H,1-3,6H2. The van der Waals surface area contributed by atoms with Crippen LogP contribution in [-0.2, 0) is 0 Å². The highest BCUT2D eigenvalue weighted by Crippen LogP contribution is 2.35. The Morgan fingerprint density at radius 2 is 2.10 bits per heavy atom. The first-order valence-corrected chi connectivity index (χ1v) is 4.22. The van der Waals surface area contributed by atoms with Gasteiger partial charge in [-0.15, -0.1) is 0 Å². The van der Waals surface area contributed by atoms with Crippen molar-refractivity contribution in [3.63, 3.8) is 0 Å². The molecule has 2 rings (SSSR count). The average molecular weight is 138 g/mol. The molecule has 0 aromatic heterocycles. The lowest BCUT2D eigenvalue weighted by Crippen LogP contribution is -2.28. The van der Waals surface area contributed by atoms with Gasteiger partial charge >= 0.3 is 0 Å². The van der Waals surface area contributed by atoms with Crippen LogP contribution < -0.4 is 0 Å². The summed E-state index contributed by atoms with van der Waals surface area (Å²) in [7, 11) is 0. The third kappa shape index (κ3) is 0.988. The van der Waals surface area contributed by atoms with E-state index in [4.69, 9.17) is 0 Å². The molecule has 2 aliphatic rings. The molecule has 1 saturated carbocycles. The predicted molar refractivity (Wildman–Crippen MR) is 40.6 cm³/mol. The topological polar surface area (TPSA) is 20.2 Å². The SMILES string of the molecule is OC1C=CC2CCCC1C2. The van der Waals surface area contributed by atoms with E-state index in [1.54, 1.807) is 0 Å². The fraction of sp³-hybridized carbons (Fsp3) is 0.778. The zero-order chi connectivity index (χ0) is 6.97. The van der Waals surface area contributed by atoms with Gasteiger partial charge in [0.05, 0.1) is 6.10 Å². The largest absolute Gasteiger partial charge is 0.389 e. The molecule has 3 atom stereocenters. The molecule has 0 aromatic rings. The summed E-state index contributed by atoms with van der Waals surface area (Å²) in [5.41, 5.74) is 0. The number of rotatable bonds is 0. The number of fused-ring (bicyclic) bond motifs is 2. The average Bonchev–Trinajstić information content (AvgIpc) is 1.99. The Morgan fingerprint density at radius 1 is 1.20 bits per heavy atom. The van der Waals surface area contributed by atoms with Crippen molar-refractivity contribution in [2.24, 2.45) is 11.8 Å². The summed E-state index contributed by atoms with van der Waals surface area (Å²) in [6, 6.07) is 0. The van der Waals surface area contributed by atoms with Crippen molar-refractivity contribution in [3.8, 4) is 0 Å². The number of allylic oxidation sites excluding steroid dienone is 1. The van der Waals surface area contributed by atoms with Gasteiger partial charge in [0.2, 0.25) is 0 Å². The Morgan fingerprint density at radius 3 is 2.90 bits per heavy atom. The van der Waals surface area contributed by atoms with Crippen molar-refractivity contribution in [1.82, 2.24) is 0 Å². The molecular weight excluding hydrogens is 124 g/mol. The van der Waals surface area contributed by atoms with Gasteiger partial charge in [-0.1, -0.05) is 18.6 Å². The molecule has 1 nitrogen and oxygen atoms in total. The molecule has 0 amide bonds. The molecule has 1 fully saturated rings. The van der Waals surface area contributed by atoms with E-state index in [9.17, 15) is 5.11 Å². The maximum Gasteiger partial charge on any atom is 0.0749 e. The summed E-state index contributed by atoms with van der Waals surface area (Å²) in [5.74, 6) is 1.38. The molecule has 2 aliphatic carbocycles. The minimum Gasteiger partial charge on any atom is -0.389 e. The van der Waals surface area contributed by atoms with E-state index >= 15 is 0 Å². The summed E-state index contributed by atoms with van der Waals surface area (Å²) >= 11 is 0. The van der Waals surface area contributed by atoms with E-state index < -0.39 is 0 Å². The van der Waals surface area contributed by atoms with Crippen molar-refractivity contribution in [2.75, 3.05) is 0 Å². The molecule has 10 heavy (non-hydrogen) atoms. The second-order valence-electron chi connectivity index (χ2n) is 3.56. The summed E-state index contributed by atoms with van der Waals surface area (Å²) < 4.78 is 0. The quantitative estimate of drug-likeness (QED) is 0.505. The van der Waals surface area contributed by atoms with E-state index in [2.05, 4.69) is 6.08 Å². The lowest BCUT2D eigenvalue weighted by molar-refractivity contribution is 0.102. The van der Waals surface area contributed by atoms with Gasteiger partial charge < -0.3 is 5.11 Å². The molecule has 0 aliphatic heterocycles. The normalized spacial score (nSPS) is 45.5. The van der Waals surface area contributed by atoms with E-state index in [1.165, 1.54) is 25.7 Å². The van der Waals surface area contributed by atoms with E-state index in [0.29, 0.717) is 5.92 Å². The monoisotopic (exact) mass is 138 g/mol. The highest BCUT2D eigenvalue weighted by Gasteiger charge is 2.27. The third-order valence-corrected chi connectivity index (χ3v) is 2.82. The molecule has 3 unspecified atom stereocenters. The first-order chi connectivity index (χ1) is 4.86. The molecule has 1 N–H and O–H groups in total. The van der Waals surface area contributed by atoms with Crippen molar-refractivity contribution in [2.45, 2.75) is 31.8 Å². The second-order valence-corrected chi connectivity index (χ2v) is 3.56. The van der Waals surface area contributed by atoms with E-state index in [0.717, 1.165) is 5.92 Å².